The predicted octanol–water partition coefficient (Wildman–Crippen LogP) is 3.85. The molecule has 2 aromatic rings. The van der Waals surface area contributed by atoms with Gasteiger partial charge in [0.1, 0.15) is 24.7 Å². The summed E-state index contributed by atoms with van der Waals surface area (Å²) in [7, 11) is 0. The summed E-state index contributed by atoms with van der Waals surface area (Å²) in [6.45, 7) is 5.36. The number of anilines is 1. The fourth-order valence-corrected chi connectivity index (χ4v) is 1.87. The van der Waals surface area contributed by atoms with Gasteiger partial charge in [0, 0.05) is 11.8 Å². The molecule has 0 aromatic heterocycles. The lowest BCUT2D eigenvalue weighted by Gasteiger charge is -2.10. The second kappa shape index (κ2) is 6.85. The largest absolute Gasteiger partial charge is 0.490 e. The van der Waals surface area contributed by atoms with Gasteiger partial charge < -0.3 is 15.2 Å². The van der Waals surface area contributed by atoms with Crippen LogP contribution in [0.15, 0.2) is 48.5 Å². The minimum absolute atomic E-state index is 0.495. The maximum absolute atomic E-state index is 5.68. The molecule has 0 radical (unpaired) electrons. The van der Waals surface area contributed by atoms with Crippen LogP contribution in [0.25, 0.3) is 0 Å². The molecule has 0 aliphatic rings. The van der Waals surface area contributed by atoms with Gasteiger partial charge in [-0.15, -0.1) is 0 Å². The van der Waals surface area contributed by atoms with Crippen molar-refractivity contribution in [3.05, 3.63) is 54.1 Å². The Morgan fingerprint density at radius 1 is 0.900 bits per heavy atom. The van der Waals surface area contributed by atoms with Gasteiger partial charge in [0.05, 0.1) is 0 Å². The van der Waals surface area contributed by atoms with E-state index in [1.165, 1.54) is 5.56 Å². The summed E-state index contributed by atoms with van der Waals surface area (Å²) >= 11 is 0. The summed E-state index contributed by atoms with van der Waals surface area (Å²) in [6.07, 6.45) is 0. The molecule has 2 aromatic carbocycles. The summed E-state index contributed by atoms with van der Waals surface area (Å²) in [5.41, 5.74) is 7.70. The lowest BCUT2D eigenvalue weighted by Crippen LogP contribution is -2.09. The summed E-state index contributed by atoms with van der Waals surface area (Å²) in [5.74, 6) is 2.17. The monoisotopic (exact) mass is 271 g/mol. The zero-order valence-electron chi connectivity index (χ0n) is 12.0. The second-order valence-electron chi connectivity index (χ2n) is 4.99. The van der Waals surface area contributed by atoms with E-state index in [4.69, 9.17) is 15.2 Å². The molecule has 106 valence electrons. The Labute approximate surface area is 120 Å². The van der Waals surface area contributed by atoms with E-state index in [9.17, 15) is 0 Å². The molecule has 3 nitrogen and oxygen atoms in total. The van der Waals surface area contributed by atoms with Crippen LogP contribution < -0.4 is 15.2 Å². The first-order chi connectivity index (χ1) is 9.65. The van der Waals surface area contributed by atoms with Gasteiger partial charge in [0.2, 0.25) is 0 Å². The number of benzene rings is 2. The number of hydrogen-bond acceptors (Lipinski definition) is 3. The van der Waals surface area contributed by atoms with Gasteiger partial charge in [0.25, 0.3) is 0 Å². The maximum atomic E-state index is 5.68. The zero-order chi connectivity index (χ0) is 14.4. The van der Waals surface area contributed by atoms with E-state index in [0.717, 1.165) is 11.5 Å². The first-order valence-corrected chi connectivity index (χ1v) is 6.86. The SMILES string of the molecule is CC(C)c1ccc(OCCOc2cccc(N)c2)cc1. The normalized spacial score (nSPS) is 10.6. The summed E-state index contributed by atoms with van der Waals surface area (Å²) in [5, 5.41) is 0. The highest BCUT2D eigenvalue weighted by atomic mass is 16.5. The molecule has 0 unspecified atom stereocenters. The van der Waals surface area contributed by atoms with Crippen LogP contribution in [0.2, 0.25) is 0 Å². The van der Waals surface area contributed by atoms with Crippen LogP contribution in [0.3, 0.4) is 0 Å². The lowest BCUT2D eigenvalue weighted by molar-refractivity contribution is 0.217. The Morgan fingerprint density at radius 2 is 1.55 bits per heavy atom. The van der Waals surface area contributed by atoms with Crippen molar-refractivity contribution in [1.29, 1.82) is 0 Å². The van der Waals surface area contributed by atoms with Crippen LogP contribution in [0.4, 0.5) is 5.69 Å². The highest BCUT2D eigenvalue weighted by Gasteiger charge is 2.00. The van der Waals surface area contributed by atoms with Crippen molar-refractivity contribution in [3.8, 4) is 11.5 Å². The fraction of sp³-hybridized carbons (Fsp3) is 0.294. The highest BCUT2D eigenvalue weighted by Crippen LogP contribution is 2.18. The van der Waals surface area contributed by atoms with Crippen molar-refractivity contribution in [2.45, 2.75) is 19.8 Å². The molecule has 0 amide bonds. The average Bonchev–Trinajstić information content (AvgIpc) is 2.44. The zero-order valence-corrected chi connectivity index (χ0v) is 12.0. The first-order valence-electron chi connectivity index (χ1n) is 6.86. The molecule has 0 aliphatic carbocycles. The summed E-state index contributed by atoms with van der Waals surface area (Å²) < 4.78 is 11.2. The standard InChI is InChI=1S/C17H21NO2/c1-13(2)14-6-8-16(9-7-14)19-10-11-20-17-5-3-4-15(18)12-17/h3-9,12-13H,10-11,18H2,1-2H3. The van der Waals surface area contributed by atoms with E-state index >= 15 is 0 Å². The Bertz CT molecular complexity index is 535. The Hall–Kier alpha value is -2.16. The van der Waals surface area contributed by atoms with Gasteiger partial charge >= 0.3 is 0 Å². The molecule has 2 N–H and O–H groups in total. The van der Waals surface area contributed by atoms with Gasteiger partial charge in [-0.1, -0.05) is 32.0 Å². The van der Waals surface area contributed by atoms with Crippen LogP contribution in [-0.4, -0.2) is 13.2 Å². The van der Waals surface area contributed by atoms with E-state index in [-0.39, 0.29) is 0 Å². The van der Waals surface area contributed by atoms with Gasteiger partial charge in [0.15, 0.2) is 0 Å². The highest BCUT2D eigenvalue weighted by molar-refractivity contribution is 5.43. The fourth-order valence-electron chi connectivity index (χ4n) is 1.87. The number of hydrogen-bond donors (Lipinski definition) is 1. The molecule has 2 rings (SSSR count). The number of ether oxygens (including phenoxy) is 2. The molecule has 0 aliphatic heterocycles. The van der Waals surface area contributed by atoms with Gasteiger partial charge in [-0.2, -0.15) is 0 Å². The molecule has 0 saturated heterocycles. The number of rotatable bonds is 6. The minimum atomic E-state index is 0.495. The third kappa shape index (κ3) is 4.19. The predicted molar refractivity (Wildman–Crippen MR) is 82.4 cm³/mol. The molecule has 20 heavy (non-hydrogen) atoms. The van der Waals surface area contributed by atoms with Crippen LogP contribution in [0, 0.1) is 0 Å². The quantitative estimate of drug-likeness (QED) is 0.641. The van der Waals surface area contributed by atoms with Crippen molar-refractivity contribution in [2.75, 3.05) is 18.9 Å². The van der Waals surface area contributed by atoms with Crippen LogP contribution >= 0.6 is 0 Å². The van der Waals surface area contributed by atoms with Crippen LogP contribution in [-0.2, 0) is 0 Å². The lowest BCUT2D eigenvalue weighted by atomic mass is 10.0. The third-order valence-corrected chi connectivity index (χ3v) is 3.03. The maximum Gasteiger partial charge on any atom is 0.122 e. The van der Waals surface area contributed by atoms with Gasteiger partial charge in [-0.25, -0.2) is 0 Å². The van der Waals surface area contributed by atoms with E-state index in [1.54, 1.807) is 6.07 Å². The topological polar surface area (TPSA) is 44.5 Å². The van der Waals surface area contributed by atoms with E-state index in [2.05, 4.69) is 26.0 Å². The Kier molecular flexibility index (Phi) is 4.88. The molecule has 0 spiro atoms. The molecule has 0 saturated carbocycles. The first kappa shape index (κ1) is 14.3. The van der Waals surface area contributed by atoms with Gasteiger partial charge in [-0.05, 0) is 35.7 Å². The van der Waals surface area contributed by atoms with Crippen molar-refractivity contribution < 1.29 is 9.47 Å². The third-order valence-electron chi connectivity index (χ3n) is 3.03. The van der Waals surface area contributed by atoms with Crippen molar-refractivity contribution in [3.63, 3.8) is 0 Å². The Balaban J connectivity index is 1.75. The van der Waals surface area contributed by atoms with Crippen molar-refractivity contribution in [1.82, 2.24) is 0 Å². The molecular formula is C17H21NO2. The van der Waals surface area contributed by atoms with E-state index in [1.807, 2.05) is 30.3 Å². The molecule has 0 atom stereocenters. The van der Waals surface area contributed by atoms with Crippen molar-refractivity contribution >= 4 is 5.69 Å². The minimum Gasteiger partial charge on any atom is -0.490 e. The molecule has 0 fully saturated rings. The van der Waals surface area contributed by atoms with Crippen LogP contribution in [0.1, 0.15) is 25.3 Å². The average molecular weight is 271 g/mol. The molecule has 0 bridgehead atoms. The summed E-state index contributed by atoms with van der Waals surface area (Å²) in [4.78, 5) is 0. The van der Waals surface area contributed by atoms with Crippen molar-refractivity contribution in [2.24, 2.45) is 0 Å². The second-order valence-corrected chi connectivity index (χ2v) is 4.99. The molecular weight excluding hydrogens is 250 g/mol. The van der Waals surface area contributed by atoms with E-state index in [0.29, 0.717) is 24.8 Å². The van der Waals surface area contributed by atoms with Gasteiger partial charge in [-0.3, -0.25) is 0 Å². The van der Waals surface area contributed by atoms with E-state index < -0.39 is 0 Å². The number of nitrogens with two attached hydrogens (primary N) is 1. The van der Waals surface area contributed by atoms with Crippen LogP contribution in [0.5, 0.6) is 11.5 Å². The number of nitrogen functional groups attached to an aromatic ring is 1. The molecule has 3 heteroatoms. The summed E-state index contributed by atoms with van der Waals surface area (Å²) in [6, 6.07) is 15.6. The smallest absolute Gasteiger partial charge is 0.122 e. The molecule has 0 heterocycles. The Morgan fingerprint density at radius 3 is 2.15 bits per heavy atom.